The summed E-state index contributed by atoms with van der Waals surface area (Å²) in [6.45, 7) is 16.2. The van der Waals surface area contributed by atoms with Crippen LogP contribution in [-0.2, 0) is 0 Å². The molecule has 0 aromatic rings. The van der Waals surface area contributed by atoms with Crippen LogP contribution < -0.4 is 5.32 Å². The lowest BCUT2D eigenvalue weighted by Gasteiger charge is -2.41. The van der Waals surface area contributed by atoms with Crippen LogP contribution >= 0.6 is 0 Å². The van der Waals surface area contributed by atoms with Crippen molar-refractivity contribution in [3.8, 4) is 0 Å². The molecule has 4 unspecified atom stereocenters. The Hall–Kier alpha value is -0.0800. The molecule has 2 saturated heterocycles. The van der Waals surface area contributed by atoms with Gasteiger partial charge in [0.05, 0.1) is 0 Å². The third kappa shape index (κ3) is 1.84. The van der Waals surface area contributed by atoms with Crippen molar-refractivity contribution in [1.82, 2.24) is 10.2 Å². The van der Waals surface area contributed by atoms with Crippen molar-refractivity contribution in [2.45, 2.75) is 59.0 Å². The van der Waals surface area contributed by atoms with Crippen LogP contribution in [0.25, 0.3) is 0 Å². The standard InChI is InChI=1S/C16H30N2/c1-11-6-15(2,3)7-14(11)18-10-12-8-17-9-13(12)16(18,4)5/h11-14,17H,6-10H2,1-5H3. The first kappa shape index (κ1) is 12.9. The fourth-order valence-corrected chi connectivity index (χ4v) is 5.29. The van der Waals surface area contributed by atoms with E-state index in [1.54, 1.807) is 0 Å². The van der Waals surface area contributed by atoms with Gasteiger partial charge < -0.3 is 5.32 Å². The van der Waals surface area contributed by atoms with Gasteiger partial charge in [0.25, 0.3) is 0 Å². The second-order valence-corrected chi connectivity index (χ2v) is 8.45. The Bertz CT molecular complexity index is 334. The molecular weight excluding hydrogens is 220 g/mol. The van der Waals surface area contributed by atoms with Gasteiger partial charge in [-0.2, -0.15) is 0 Å². The third-order valence-electron chi connectivity index (χ3n) is 6.11. The quantitative estimate of drug-likeness (QED) is 0.770. The van der Waals surface area contributed by atoms with Gasteiger partial charge in [0.1, 0.15) is 0 Å². The van der Waals surface area contributed by atoms with Crippen molar-refractivity contribution < 1.29 is 0 Å². The number of nitrogens with zero attached hydrogens (tertiary/aromatic N) is 1. The summed E-state index contributed by atoms with van der Waals surface area (Å²) in [5, 5.41) is 3.59. The number of fused-ring (bicyclic) bond motifs is 1. The van der Waals surface area contributed by atoms with E-state index < -0.39 is 0 Å². The van der Waals surface area contributed by atoms with Crippen LogP contribution in [0.5, 0.6) is 0 Å². The first-order valence-corrected chi connectivity index (χ1v) is 7.79. The lowest BCUT2D eigenvalue weighted by Crippen LogP contribution is -2.50. The molecular formula is C16H30N2. The van der Waals surface area contributed by atoms with Crippen LogP contribution in [0.1, 0.15) is 47.5 Å². The SMILES string of the molecule is CC1CC(C)(C)CC1N1CC2CNCC2C1(C)C. The number of hydrogen-bond acceptors (Lipinski definition) is 2. The van der Waals surface area contributed by atoms with Crippen LogP contribution in [0.4, 0.5) is 0 Å². The van der Waals surface area contributed by atoms with Crippen molar-refractivity contribution >= 4 is 0 Å². The fraction of sp³-hybridized carbons (Fsp3) is 1.00. The minimum atomic E-state index is 0.396. The highest BCUT2D eigenvalue weighted by molar-refractivity contribution is 5.08. The second-order valence-electron chi connectivity index (χ2n) is 8.45. The van der Waals surface area contributed by atoms with Gasteiger partial charge >= 0.3 is 0 Å². The average Bonchev–Trinajstić information content (AvgIpc) is 2.83. The zero-order chi connectivity index (χ0) is 13.1. The van der Waals surface area contributed by atoms with Crippen LogP contribution in [-0.4, -0.2) is 36.1 Å². The van der Waals surface area contributed by atoms with E-state index in [4.69, 9.17) is 0 Å². The molecule has 2 heterocycles. The Kier molecular flexibility index (Phi) is 2.84. The summed E-state index contributed by atoms with van der Waals surface area (Å²) in [5.74, 6) is 2.63. The van der Waals surface area contributed by atoms with Gasteiger partial charge in [0, 0.05) is 24.7 Å². The maximum absolute atomic E-state index is 3.59. The number of hydrogen-bond donors (Lipinski definition) is 1. The van der Waals surface area contributed by atoms with E-state index >= 15 is 0 Å². The summed E-state index contributed by atoms with van der Waals surface area (Å²) in [6, 6.07) is 0.820. The minimum Gasteiger partial charge on any atom is -0.316 e. The summed E-state index contributed by atoms with van der Waals surface area (Å²) in [6.07, 6.45) is 2.79. The highest BCUT2D eigenvalue weighted by atomic mass is 15.3. The molecule has 3 aliphatic rings. The topological polar surface area (TPSA) is 15.3 Å². The van der Waals surface area contributed by atoms with Crippen LogP contribution in [0.3, 0.4) is 0 Å². The van der Waals surface area contributed by atoms with E-state index in [2.05, 4.69) is 44.8 Å². The van der Waals surface area contributed by atoms with Crippen molar-refractivity contribution in [3.63, 3.8) is 0 Å². The van der Waals surface area contributed by atoms with Gasteiger partial charge in [-0.15, -0.1) is 0 Å². The van der Waals surface area contributed by atoms with Gasteiger partial charge in [0.2, 0.25) is 0 Å². The lowest BCUT2D eigenvalue weighted by molar-refractivity contribution is 0.0693. The molecule has 0 bridgehead atoms. The first-order valence-electron chi connectivity index (χ1n) is 7.79. The summed E-state index contributed by atoms with van der Waals surface area (Å²) in [5.41, 5.74) is 0.948. The maximum Gasteiger partial charge on any atom is 0.0200 e. The summed E-state index contributed by atoms with van der Waals surface area (Å²) >= 11 is 0. The van der Waals surface area contributed by atoms with Crippen LogP contribution in [0, 0.1) is 23.2 Å². The summed E-state index contributed by atoms with van der Waals surface area (Å²) < 4.78 is 0. The number of rotatable bonds is 1. The summed E-state index contributed by atoms with van der Waals surface area (Å²) in [4.78, 5) is 2.88. The smallest absolute Gasteiger partial charge is 0.0200 e. The molecule has 1 N–H and O–H groups in total. The Morgan fingerprint density at radius 3 is 2.33 bits per heavy atom. The van der Waals surface area contributed by atoms with Gasteiger partial charge in [-0.25, -0.2) is 0 Å². The highest BCUT2D eigenvalue weighted by Gasteiger charge is 2.54. The van der Waals surface area contributed by atoms with Crippen molar-refractivity contribution in [1.29, 1.82) is 0 Å². The van der Waals surface area contributed by atoms with E-state index in [1.807, 2.05) is 0 Å². The number of likely N-dealkylation sites (tertiary alicyclic amines) is 1. The van der Waals surface area contributed by atoms with Crippen molar-refractivity contribution in [3.05, 3.63) is 0 Å². The molecule has 2 heteroatoms. The molecule has 4 atom stereocenters. The Balaban J connectivity index is 1.81. The van der Waals surface area contributed by atoms with Crippen molar-refractivity contribution in [2.75, 3.05) is 19.6 Å². The van der Waals surface area contributed by atoms with Crippen LogP contribution in [0.2, 0.25) is 0 Å². The van der Waals surface area contributed by atoms with E-state index in [1.165, 1.54) is 32.5 Å². The van der Waals surface area contributed by atoms with Gasteiger partial charge in [-0.3, -0.25) is 4.90 Å². The van der Waals surface area contributed by atoms with Crippen molar-refractivity contribution in [2.24, 2.45) is 23.2 Å². The Labute approximate surface area is 113 Å². The Morgan fingerprint density at radius 1 is 1.06 bits per heavy atom. The molecule has 18 heavy (non-hydrogen) atoms. The molecule has 0 aromatic carbocycles. The zero-order valence-corrected chi connectivity index (χ0v) is 12.8. The molecule has 0 spiro atoms. The lowest BCUT2D eigenvalue weighted by atomic mass is 9.84. The van der Waals surface area contributed by atoms with E-state index in [0.717, 1.165) is 23.8 Å². The second kappa shape index (κ2) is 3.96. The minimum absolute atomic E-state index is 0.396. The van der Waals surface area contributed by atoms with Gasteiger partial charge in [0.15, 0.2) is 0 Å². The third-order valence-corrected chi connectivity index (χ3v) is 6.11. The molecule has 1 saturated carbocycles. The predicted molar refractivity (Wildman–Crippen MR) is 76.6 cm³/mol. The van der Waals surface area contributed by atoms with Gasteiger partial charge in [-0.1, -0.05) is 20.8 Å². The largest absolute Gasteiger partial charge is 0.316 e. The molecule has 3 fully saturated rings. The molecule has 0 aromatic heterocycles. The molecule has 3 rings (SSSR count). The zero-order valence-electron chi connectivity index (χ0n) is 12.8. The monoisotopic (exact) mass is 250 g/mol. The maximum atomic E-state index is 3.59. The number of nitrogens with one attached hydrogen (secondary N) is 1. The van der Waals surface area contributed by atoms with E-state index in [0.29, 0.717) is 11.0 Å². The summed E-state index contributed by atoms with van der Waals surface area (Å²) in [7, 11) is 0. The van der Waals surface area contributed by atoms with Crippen LogP contribution in [0.15, 0.2) is 0 Å². The fourth-order valence-electron chi connectivity index (χ4n) is 5.29. The van der Waals surface area contributed by atoms with Gasteiger partial charge in [-0.05, 0) is 56.4 Å². The van der Waals surface area contributed by atoms with E-state index in [-0.39, 0.29) is 0 Å². The molecule has 2 nitrogen and oxygen atoms in total. The molecule has 0 amide bonds. The Morgan fingerprint density at radius 2 is 1.78 bits per heavy atom. The molecule has 2 aliphatic heterocycles. The molecule has 0 radical (unpaired) electrons. The van der Waals surface area contributed by atoms with E-state index in [9.17, 15) is 0 Å². The normalized spacial score (nSPS) is 46.5. The highest BCUT2D eigenvalue weighted by Crippen LogP contribution is 2.49. The molecule has 1 aliphatic carbocycles. The predicted octanol–water partition coefficient (Wildman–Crippen LogP) is 2.74. The molecule has 104 valence electrons. The average molecular weight is 250 g/mol. The first-order chi connectivity index (χ1) is 8.31.